The van der Waals surface area contributed by atoms with Crippen LogP contribution in [0.3, 0.4) is 0 Å². The second-order valence-electron chi connectivity index (χ2n) is 12.5. The molecule has 0 aliphatic rings. The van der Waals surface area contributed by atoms with Crippen molar-refractivity contribution in [1.29, 1.82) is 0 Å². The summed E-state index contributed by atoms with van der Waals surface area (Å²) in [5, 5.41) is 12.6. The van der Waals surface area contributed by atoms with Crippen molar-refractivity contribution in [3.05, 3.63) is 176 Å². The van der Waals surface area contributed by atoms with Gasteiger partial charge in [0, 0.05) is 31.2 Å². The van der Waals surface area contributed by atoms with Gasteiger partial charge in [-0.05, 0) is 85.2 Å². The molecule has 0 spiro atoms. The smallest absolute Gasteiger partial charge is 0.0555 e. The third kappa shape index (κ3) is 4.17. The summed E-state index contributed by atoms with van der Waals surface area (Å²) in [6.07, 6.45) is 0. The number of anilines is 3. The molecule has 10 rings (SSSR count). The van der Waals surface area contributed by atoms with E-state index in [1.54, 1.807) is 0 Å². The Bertz CT molecular complexity index is 2840. The summed E-state index contributed by atoms with van der Waals surface area (Å²) < 4.78 is 2.60. The van der Waals surface area contributed by atoms with Gasteiger partial charge in [0.25, 0.3) is 0 Å². The molecule has 0 aliphatic carbocycles. The molecule has 0 amide bonds. The maximum atomic E-state index is 2.51. The first-order chi connectivity index (χ1) is 23.8. The van der Waals surface area contributed by atoms with Crippen LogP contribution in [0.4, 0.5) is 17.1 Å². The first-order valence-electron chi connectivity index (χ1n) is 16.4. The summed E-state index contributed by atoms with van der Waals surface area (Å²) in [7, 11) is 0. The van der Waals surface area contributed by atoms with Crippen molar-refractivity contribution < 1.29 is 0 Å². The van der Waals surface area contributed by atoms with Crippen molar-refractivity contribution in [2.75, 3.05) is 4.90 Å². The van der Waals surface area contributed by atoms with E-state index in [-0.39, 0.29) is 0 Å². The number of hydrogen-bond donors (Lipinski definition) is 0. The number of rotatable bonds is 4. The molecule has 0 N–H and O–H groups in total. The molecule has 224 valence electrons. The van der Waals surface area contributed by atoms with Gasteiger partial charge in [-0.2, -0.15) is 0 Å². The maximum absolute atomic E-state index is 2.51. The van der Waals surface area contributed by atoms with Gasteiger partial charge in [0.1, 0.15) is 0 Å². The van der Waals surface area contributed by atoms with Crippen LogP contribution in [-0.4, -0.2) is 0 Å². The minimum atomic E-state index is 1.13. The van der Waals surface area contributed by atoms with E-state index in [1.807, 2.05) is 11.3 Å². The van der Waals surface area contributed by atoms with Crippen LogP contribution in [0.2, 0.25) is 0 Å². The van der Waals surface area contributed by atoms with Gasteiger partial charge in [0.15, 0.2) is 0 Å². The molecular formula is C46H29NS. The first kappa shape index (κ1) is 27.2. The predicted octanol–water partition coefficient (Wildman–Crippen LogP) is 13.8. The summed E-state index contributed by atoms with van der Waals surface area (Å²) in [6.45, 7) is 0. The molecule has 9 aromatic carbocycles. The number of hydrogen-bond acceptors (Lipinski definition) is 2. The number of thiophene rings is 1. The quantitative estimate of drug-likeness (QED) is 0.176. The lowest BCUT2D eigenvalue weighted by molar-refractivity contribution is 1.32. The zero-order valence-electron chi connectivity index (χ0n) is 26.1. The van der Waals surface area contributed by atoms with Crippen LogP contribution in [-0.2, 0) is 0 Å². The van der Waals surface area contributed by atoms with Gasteiger partial charge in [-0.15, -0.1) is 11.3 Å². The number of nitrogens with zero attached hydrogens (tertiary/aromatic N) is 1. The van der Waals surface area contributed by atoms with Crippen molar-refractivity contribution in [1.82, 2.24) is 0 Å². The van der Waals surface area contributed by atoms with E-state index >= 15 is 0 Å². The van der Waals surface area contributed by atoms with Crippen LogP contribution >= 0.6 is 11.3 Å². The minimum Gasteiger partial charge on any atom is -0.309 e. The Kier molecular flexibility index (Phi) is 6.12. The third-order valence-corrected chi connectivity index (χ3v) is 11.0. The second-order valence-corrected chi connectivity index (χ2v) is 13.6. The maximum Gasteiger partial charge on any atom is 0.0555 e. The molecule has 10 aromatic rings. The topological polar surface area (TPSA) is 3.24 Å². The van der Waals surface area contributed by atoms with Crippen LogP contribution in [0.5, 0.6) is 0 Å². The van der Waals surface area contributed by atoms with E-state index in [1.165, 1.54) is 85.8 Å². The first-order valence-corrected chi connectivity index (χ1v) is 17.3. The molecule has 1 nitrogen and oxygen atoms in total. The van der Waals surface area contributed by atoms with E-state index in [4.69, 9.17) is 0 Å². The summed E-state index contributed by atoms with van der Waals surface area (Å²) in [5.41, 5.74) is 5.96. The third-order valence-electron chi connectivity index (χ3n) is 9.82. The van der Waals surface area contributed by atoms with Gasteiger partial charge in [0.05, 0.1) is 11.4 Å². The average Bonchev–Trinajstić information content (AvgIpc) is 3.54. The zero-order chi connectivity index (χ0) is 31.6. The van der Waals surface area contributed by atoms with Gasteiger partial charge in [0.2, 0.25) is 0 Å². The van der Waals surface area contributed by atoms with Gasteiger partial charge in [-0.1, -0.05) is 140 Å². The predicted molar refractivity (Wildman–Crippen MR) is 209 cm³/mol. The fourth-order valence-electron chi connectivity index (χ4n) is 7.65. The molecule has 0 fully saturated rings. The zero-order valence-corrected chi connectivity index (χ0v) is 26.9. The molecule has 2 heteroatoms. The van der Waals surface area contributed by atoms with E-state index in [0.717, 1.165) is 5.69 Å². The van der Waals surface area contributed by atoms with Gasteiger partial charge in [-0.3, -0.25) is 0 Å². The van der Waals surface area contributed by atoms with E-state index < -0.39 is 0 Å². The second kappa shape index (κ2) is 10.8. The summed E-state index contributed by atoms with van der Waals surface area (Å²) in [6, 6.07) is 64.6. The average molecular weight is 628 g/mol. The highest BCUT2D eigenvalue weighted by atomic mass is 32.1. The molecule has 0 aliphatic heterocycles. The summed E-state index contributed by atoms with van der Waals surface area (Å²) in [5.74, 6) is 0. The van der Waals surface area contributed by atoms with Crippen LogP contribution in [0.15, 0.2) is 176 Å². The van der Waals surface area contributed by atoms with Crippen molar-refractivity contribution >= 4 is 91.7 Å². The van der Waals surface area contributed by atoms with Gasteiger partial charge >= 0.3 is 0 Å². The molecule has 48 heavy (non-hydrogen) atoms. The molecule has 0 unspecified atom stereocenters. The van der Waals surface area contributed by atoms with Gasteiger partial charge in [-0.25, -0.2) is 0 Å². The van der Waals surface area contributed by atoms with Crippen LogP contribution in [0, 0.1) is 0 Å². The highest BCUT2D eigenvalue weighted by Crippen LogP contribution is 2.49. The standard InChI is InChI=1S/C46H29NS/c1-4-15-35-30(11-1)14-9-19-36(35)32-23-26-34(27-24-32)47(41-20-10-22-44-46(41)40-18-7-8-21-43(40)48-44)42-29-33-13-3-5-16-37(33)39-28-25-31-12-2-6-17-38(31)45(39)42/h1-29H. The molecule has 0 saturated carbocycles. The molecule has 0 bridgehead atoms. The fourth-order valence-corrected chi connectivity index (χ4v) is 8.78. The van der Waals surface area contributed by atoms with Crippen molar-refractivity contribution in [3.63, 3.8) is 0 Å². The minimum absolute atomic E-state index is 1.13. The molecule has 0 saturated heterocycles. The van der Waals surface area contributed by atoms with Gasteiger partial charge < -0.3 is 4.90 Å². The Balaban J connectivity index is 1.30. The molecular weight excluding hydrogens is 599 g/mol. The number of benzene rings is 9. The van der Waals surface area contributed by atoms with Crippen LogP contribution in [0.1, 0.15) is 0 Å². The van der Waals surface area contributed by atoms with Crippen LogP contribution in [0.25, 0.3) is 74.4 Å². The molecule has 1 aromatic heterocycles. The van der Waals surface area contributed by atoms with E-state index in [9.17, 15) is 0 Å². The SMILES string of the molecule is c1ccc2c(-c3ccc(N(c4cccc5sc6ccccc6c45)c4cc5ccccc5c5ccc6ccccc6c45)cc3)cccc2c1. The largest absolute Gasteiger partial charge is 0.309 e. The number of fused-ring (bicyclic) bond motifs is 9. The lowest BCUT2D eigenvalue weighted by Gasteiger charge is -2.29. The Hall–Kier alpha value is -5.96. The van der Waals surface area contributed by atoms with Crippen molar-refractivity contribution in [2.24, 2.45) is 0 Å². The fraction of sp³-hybridized carbons (Fsp3) is 0. The van der Waals surface area contributed by atoms with E-state index in [2.05, 4.69) is 181 Å². The lowest BCUT2D eigenvalue weighted by atomic mass is 9.94. The Morgan fingerprint density at radius 3 is 1.81 bits per heavy atom. The molecule has 0 radical (unpaired) electrons. The molecule has 1 heterocycles. The summed E-state index contributed by atoms with van der Waals surface area (Å²) in [4.78, 5) is 2.51. The molecule has 0 atom stereocenters. The Labute approximate surface area is 282 Å². The monoisotopic (exact) mass is 627 g/mol. The van der Waals surface area contributed by atoms with Crippen LogP contribution < -0.4 is 4.90 Å². The highest BCUT2D eigenvalue weighted by Gasteiger charge is 2.22. The highest BCUT2D eigenvalue weighted by molar-refractivity contribution is 7.26. The lowest BCUT2D eigenvalue weighted by Crippen LogP contribution is -2.11. The Morgan fingerprint density at radius 1 is 0.354 bits per heavy atom. The Morgan fingerprint density at radius 2 is 0.979 bits per heavy atom. The van der Waals surface area contributed by atoms with Crippen molar-refractivity contribution in [3.8, 4) is 11.1 Å². The normalized spacial score (nSPS) is 11.8. The van der Waals surface area contributed by atoms with E-state index in [0.29, 0.717) is 0 Å². The van der Waals surface area contributed by atoms with Crippen molar-refractivity contribution in [2.45, 2.75) is 0 Å². The summed E-state index contributed by atoms with van der Waals surface area (Å²) >= 11 is 1.87.